The van der Waals surface area contributed by atoms with Crippen molar-refractivity contribution < 1.29 is 14.2 Å². The van der Waals surface area contributed by atoms with Crippen LogP contribution >= 0.6 is 0 Å². The molecule has 5 nitrogen and oxygen atoms in total. The predicted molar refractivity (Wildman–Crippen MR) is 99.8 cm³/mol. The summed E-state index contributed by atoms with van der Waals surface area (Å²) in [5.74, 6) is 2.40. The average Bonchev–Trinajstić information content (AvgIpc) is 3.07. The highest BCUT2D eigenvalue weighted by Crippen LogP contribution is 2.27. The first-order chi connectivity index (χ1) is 12.2. The minimum atomic E-state index is 0.756. The lowest BCUT2D eigenvalue weighted by molar-refractivity contribution is 0.354. The van der Waals surface area contributed by atoms with Gasteiger partial charge in [-0.15, -0.1) is 0 Å². The van der Waals surface area contributed by atoms with Gasteiger partial charge in [-0.2, -0.15) is 0 Å². The van der Waals surface area contributed by atoms with Gasteiger partial charge in [0.25, 0.3) is 0 Å². The first-order valence-electron chi connectivity index (χ1n) is 8.30. The van der Waals surface area contributed by atoms with Gasteiger partial charge < -0.3 is 24.5 Å². The summed E-state index contributed by atoms with van der Waals surface area (Å²) in [6.45, 7) is 1.69. The van der Waals surface area contributed by atoms with Crippen molar-refractivity contribution in [1.82, 2.24) is 10.3 Å². The fourth-order valence-electron chi connectivity index (χ4n) is 2.92. The number of hydrogen-bond acceptors (Lipinski definition) is 4. The molecule has 0 saturated heterocycles. The number of fused-ring (bicyclic) bond motifs is 1. The molecule has 0 radical (unpaired) electrons. The lowest BCUT2D eigenvalue weighted by Gasteiger charge is -2.10. The fraction of sp³-hybridized carbons (Fsp3) is 0.300. The van der Waals surface area contributed by atoms with E-state index >= 15 is 0 Å². The molecule has 0 unspecified atom stereocenters. The molecule has 3 aromatic rings. The van der Waals surface area contributed by atoms with Crippen LogP contribution in [-0.2, 0) is 13.0 Å². The highest BCUT2D eigenvalue weighted by Gasteiger charge is 2.06. The molecule has 132 valence electrons. The largest absolute Gasteiger partial charge is 0.497 e. The van der Waals surface area contributed by atoms with Gasteiger partial charge in [-0.25, -0.2) is 0 Å². The molecule has 0 fully saturated rings. The molecule has 0 amide bonds. The van der Waals surface area contributed by atoms with Crippen molar-refractivity contribution in [2.75, 3.05) is 27.9 Å². The van der Waals surface area contributed by atoms with Gasteiger partial charge >= 0.3 is 0 Å². The van der Waals surface area contributed by atoms with Crippen molar-refractivity contribution in [1.29, 1.82) is 0 Å². The molecule has 25 heavy (non-hydrogen) atoms. The van der Waals surface area contributed by atoms with E-state index in [4.69, 9.17) is 14.2 Å². The summed E-state index contributed by atoms with van der Waals surface area (Å²) in [4.78, 5) is 3.30. The Hall–Kier alpha value is -2.66. The van der Waals surface area contributed by atoms with E-state index in [1.54, 1.807) is 21.3 Å². The number of methoxy groups -OCH3 is 3. The summed E-state index contributed by atoms with van der Waals surface area (Å²) in [5, 5.41) is 4.69. The van der Waals surface area contributed by atoms with Gasteiger partial charge in [0.05, 0.1) is 21.3 Å². The van der Waals surface area contributed by atoms with Crippen molar-refractivity contribution in [3.8, 4) is 17.2 Å². The van der Waals surface area contributed by atoms with E-state index in [1.807, 2.05) is 30.5 Å². The quantitative estimate of drug-likeness (QED) is 0.616. The molecule has 1 heterocycles. The highest BCUT2D eigenvalue weighted by atomic mass is 16.5. The maximum Gasteiger partial charge on any atom is 0.160 e. The predicted octanol–water partition coefficient (Wildman–Crippen LogP) is 3.53. The Morgan fingerprint density at radius 2 is 1.76 bits per heavy atom. The zero-order chi connectivity index (χ0) is 17.6. The van der Waals surface area contributed by atoms with E-state index in [9.17, 15) is 0 Å². The van der Waals surface area contributed by atoms with Crippen LogP contribution < -0.4 is 19.5 Å². The second-order valence-corrected chi connectivity index (χ2v) is 5.84. The van der Waals surface area contributed by atoms with Crippen LogP contribution in [0.2, 0.25) is 0 Å². The summed E-state index contributed by atoms with van der Waals surface area (Å²) in [6.07, 6.45) is 2.97. The SMILES string of the molecule is COc1ccc2[nH]cc(CNCCc3ccc(OC)c(OC)c3)c2c1. The summed E-state index contributed by atoms with van der Waals surface area (Å²) < 4.78 is 15.9. The molecule has 0 aliphatic heterocycles. The topological polar surface area (TPSA) is 55.5 Å². The van der Waals surface area contributed by atoms with Gasteiger partial charge in [0.15, 0.2) is 11.5 Å². The number of nitrogens with one attached hydrogen (secondary N) is 2. The van der Waals surface area contributed by atoms with Gasteiger partial charge in [-0.3, -0.25) is 0 Å². The molecular formula is C20H24N2O3. The standard InChI is InChI=1S/C20H24N2O3/c1-23-16-5-6-18-17(11-16)15(13-22-18)12-21-9-8-14-4-7-19(24-2)20(10-14)25-3/h4-7,10-11,13,21-22H,8-9,12H2,1-3H3. The smallest absolute Gasteiger partial charge is 0.160 e. The van der Waals surface area contributed by atoms with Crippen molar-refractivity contribution in [3.05, 3.63) is 53.7 Å². The van der Waals surface area contributed by atoms with Crippen LogP contribution in [0, 0.1) is 0 Å². The minimum Gasteiger partial charge on any atom is -0.497 e. The molecule has 5 heteroatoms. The van der Waals surface area contributed by atoms with Crippen molar-refractivity contribution in [2.45, 2.75) is 13.0 Å². The second-order valence-electron chi connectivity index (χ2n) is 5.84. The van der Waals surface area contributed by atoms with Crippen LogP contribution in [0.1, 0.15) is 11.1 Å². The molecule has 0 saturated carbocycles. The molecule has 0 atom stereocenters. The third-order valence-corrected chi connectivity index (χ3v) is 4.33. The Labute approximate surface area is 147 Å². The number of H-pyrrole nitrogens is 1. The number of ether oxygens (including phenoxy) is 3. The van der Waals surface area contributed by atoms with Gasteiger partial charge in [0.1, 0.15) is 5.75 Å². The summed E-state index contributed by atoms with van der Waals surface area (Å²) in [6, 6.07) is 12.1. The minimum absolute atomic E-state index is 0.756. The number of hydrogen-bond donors (Lipinski definition) is 2. The number of aromatic nitrogens is 1. The average molecular weight is 340 g/mol. The summed E-state index contributed by atoms with van der Waals surface area (Å²) in [7, 11) is 5.00. The molecular weight excluding hydrogens is 316 g/mol. The third kappa shape index (κ3) is 3.88. The van der Waals surface area contributed by atoms with Crippen molar-refractivity contribution >= 4 is 10.9 Å². The first kappa shape index (κ1) is 17.2. The molecule has 2 N–H and O–H groups in total. The Morgan fingerprint density at radius 3 is 2.52 bits per heavy atom. The van der Waals surface area contributed by atoms with Gasteiger partial charge in [0, 0.05) is 23.6 Å². The van der Waals surface area contributed by atoms with Gasteiger partial charge in [-0.05, 0) is 54.4 Å². The van der Waals surface area contributed by atoms with Crippen LogP contribution in [0.5, 0.6) is 17.2 Å². The van der Waals surface area contributed by atoms with E-state index < -0.39 is 0 Å². The molecule has 0 bridgehead atoms. The molecule has 3 rings (SSSR count). The summed E-state index contributed by atoms with van der Waals surface area (Å²) >= 11 is 0. The maximum atomic E-state index is 5.35. The van der Waals surface area contributed by atoms with Crippen molar-refractivity contribution in [3.63, 3.8) is 0 Å². The van der Waals surface area contributed by atoms with Crippen LogP contribution in [0.4, 0.5) is 0 Å². The third-order valence-electron chi connectivity index (χ3n) is 4.33. The van der Waals surface area contributed by atoms with Crippen LogP contribution in [-0.4, -0.2) is 32.9 Å². The summed E-state index contributed by atoms with van der Waals surface area (Å²) in [5.41, 5.74) is 3.57. The molecule has 0 aliphatic rings. The van der Waals surface area contributed by atoms with Crippen LogP contribution in [0.3, 0.4) is 0 Å². The molecule has 0 spiro atoms. The molecule has 2 aromatic carbocycles. The van der Waals surface area contributed by atoms with Gasteiger partial charge in [-0.1, -0.05) is 6.07 Å². The van der Waals surface area contributed by atoms with Crippen molar-refractivity contribution in [2.24, 2.45) is 0 Å². The number of benzene rings is 2. The lowest BCUT2D eigenvalue weighted by Crippen LogP contribution is -2.16. The zero-order valence-corrected chi connectivity index (χ0v) is 14.9. The Bertz CT molecular complexity index is 842. The van der Waals surface area contributed by atoms with E-state index in [0.717, 1.165) is 42.3 Å². The maximum absolute atomic E-state index is 5.35. The normalized spacial score (nSPS) is 10.8. The number of aromatic amines is 1. The van der Waals surface area contributed by atoms with E-state index in [1.165, 1.54) is 16.5 Å². The Kier molecular flexibility index (Phi) is 5.46. The van der Waals surface area contributed by atoms with Crippen LogP contribution in [0.15, 0.2) is 42.6 Å². The molecule has 1 aromatic heterocycles. The number of rotatable bonds is 8. The van der Waals surface area contributed by atoms with Gasteiger partial charge in [0.2, 0.25) is 0 Å². The highest BCUT2D eigenvalue weighted by molar-refractivity contribution is 5.84. The Balaban J connectivity index is 1.58. The van der Waals surface area contributed by atoms with E-state index in [-0.39, 0.29) is 0 Å². The second kappa shape index (κ2) is 7.94. The van der Waals surface area contributed by atoms with Crippen LogP contribution in [0.25, 0.3) is 10.9 Å². The van der Waals surface area contributed by atoms with E-state index in [0.29, 0.717) is 0 Å². The first-order valence-corrected chi connectivity index (χ1v) is 8.30. The zero-order valence-electron chi connectivity index (χ0n) is 14.9. The lowest BCUT2D eigenvalue weighted by atomic mass is 10.1. The fourth-order valence-corrected chi connectivity index (χ4v) is 2.92. The Morgan fingerprint density at radius 1 is 0.920 bits per heavy atom. The van der Waals surface area contributed by atoms with E-state index in [2.05, 4.69) is 22.4 Å². The molecule has 0 aliphatic carbocycles. The monoisotopic (exact) mass is 340 g/mol.